The van der Waals surface area contributed by atoms with Crippen LogP contribution in [-0.2, 0) is 16.9 Å². The first-order valence-corrected chi connectivity index (χ1v) is 9.88. The fraction of sp³-hybridized carbons (Fsp3) is 0.190. The monoisotopic (exact) mass is 437 g/mol. The molecular weight excluding hydrogens is 418 g/mol. The fourth-order valence-corrected chi connectivity index (χ4v) is 3.75. The quantitative estimate of drug-likeness (QED) is 0.523. The van der Waals surface area contributed by atoms with E-state index in [0.717, 1.165) is 16.2 Å². The lowest BCUT2D eigenvalue weighted by molar-refractivity contribution is -0.131. The zero-order valence-corrected chi connectivity index (χ0v) is 17.6. The maximum Gasteiger partial charge on any atom is 0.325 e. The van der Waals surface area contributed by atoms with Gasteiger partial charge in [-0.2, -0.15) is 15.0 Å². The first kappa shape index (κ1) is 20.5. The van der Waals surface area contributed by atoms with Gasteiger partial charge < -0.3 is 16.4 Å². The Labute approximate surface area is 183 Å². The molecule has 1 saturated heterocycles. The number of nitrogens with one attached hydrogen (secondary N) is 2. The van der Waals surface area contributed by atoms with Crippen molar-refractivity contribution in [3.63, 3.8) is 0 Å². The number of benzene rings is 2. The lowest BCUT2D eigenvalue weighted by Gasteiger charge is -2.23. The standard InChI is InChI=1S/C21H20ClN7O2/c1-12-7-3-6-10-15(12)24-19-26-16(25-18(23)27-19)11-29-17(30)21(2,28-20(29)31)13-8-4-5-9-14(13)22/h3-10H,11H2,1-2H3,(H,28,31)(H3,23,24,25,26,27). The predicted octanol–water partition coefficient (Wildman–Crippen LogP) is 3.13. The van der Waals surface area contributed by atoms with E-state index in [1.807, 2.05) is 31.2 Å². The van der Waals surface area contributed by atoms with Crippen LogP contribution in [-0.4, -0.2) is 31.8 Å². The maximum atomic E-state index is 13.2. The summed E-state index contributed by atoms with van der Waals surface area (Å²) in [6.07, 6.45) is 0. The number of para-hydroxylation sites is 1. The number of nitrogens with zero attached hydrogens (tertiary/aromatic N) is 4. The summed E-state index contributed by atoms with van der Waals surface area (Å²) in [5.74, 6) is -0.0896. The van der Waals surface area contributed by atoms with Crippen LogP contribution >= 0.6 is 11.6 Å². The number of carbonyl (C=O) groups is 2. The number of anilines is 3. The predicted molar refractivity (Wildman–Crippen MR) is 117 cm³/mol. The molecule has 0 saturated carbocycles. The Bertz CT molecular complexity index is 1190. The number of aromatic nitrogens is 3. The van der Waals surface area contributed by atoms with Gasteiger partial charge in [0.1, 0.15) is 5.54 Å². The minimum atomic E-state index is -1.30. The summed E-state index contributed by atoms with van der Waals surface area (Å²) in [6.45, 7) is 3.39. The minimum absolute atomic E-state index is 0.0259. The van der Waals surface area contributed by atoms with Crippen molar-refractivity contribution in [1.29, 1.82) is 0 Å². The Balaban J connectivity index is 1.60. The van der Waals surface area contributed by atoms with Gasteiger partial charge in [0.2, 0.25) is 11.9 Å². The van der Waals surface area contributed by atoms with Crippen LogP contribution in [0, 0.1) is 6.92 Å². The second-order valence-electron chi connectivity index (χ2n) is 7.30. The maximum absolute atomic E-state index is 13.2. The fourth-order valence-electron chi connectivity index (χ4n) is 3.43. The molecule has 9 nitrogen and oxygen atoms in total. The van der Waals surface area contributed by atoms with Crippen molar-refractivity contribution >= 4 is 41.1 Å². The lowest BCUT2D eigenvalue weighted by atomic mass is 9.92. The van der Waals surface area contributed by atoms with Crippen LogP contribution in [0.5, 0.6) is 0 Å². The van der Waals surface area contributed by atoms with Crippen LogP contribution in [0.1, 0.15) is 23.9 Å². The number of nitrogen functional groups attached to an aromatic ring is 1. The van der Waals surface area contributed by atoms with Gasteiger partial charge in [0.05, 0.1) is 6.54 Å². The van der Waals surface area contributed by atoms with Crippen LogP contribution in [0.4, 0.5) is 22.4 Å². The molecule has 1 aromatic heterocycles. The third-order valence-corrected chi connectivity index (χ3v) is 5.41. The number of urea groups is 1. The summed E-state index contributed by atoms with van der Waals surface area (Å²) in [6, 6.07) is 13.9. The molecule has 0 bridgehead atoms. The van der Waals surface area contributed by atoms with E-state index in [1.54, 1.807) is 31.2 Å². The van der Waals surface area contributed by atoms with Gasteiger partial charge in [-0.25, -0.2) is 4.79 Å². The summed E-state index contributed by atoms with van der Waals surface area (Å²) < 4.78 is 0. The highest BCUT2D eigenvalue weighted by atomic mass is 35.5. The van der Waals surface area contributed by atoms with Crippen molar-refractivity contribution < 1.29 is 9.59 Å². The Morgan fingerprint density at radius 2 is 1.81 bits per heavy atom. The molecule has 1 fully saturated rings. The molecule has 1 unspecified atom stereocenters. The van der Waals surface area contributed by atoms with Crippen molar-refractivity contribution in [1.82, 2.24) is 25.2 Å². The van der Waals surface area contributed by atoms with Crippen LogP contribution < -0.4 is 16.4 Å². The van der Waals surface area contributed by atoms with E-state index in [2.05, 4.69) is 25.6 Å². The molecule has 0 radical (unpaired) electrons. The summed E-state index contributed by atoms with van der Waals surface area (Å²) in [7, 11) is 0. The van der Waals surface area contributed by atoms with Gasteiger partial charge in [-0.15, -0.1) is 0 Å². The van der Waals surface area contributed by atoms with Gasteiger partial charge in [0, 0.05) is 16.3 Å². The number of imide groups is 1. The van der Waals surface area contributed by atoms with Gasteiger partial charge in [-0.3, -0.25) is 9.69 Å². The molecule has 4 rings (SSSR count). The zero-order valence-electron chi connectivity index (χ0n) is 16.9. The summed E-state index contributed by atoms with van der Waals surface area (Å²) >= 11 is 6.27. The Hall–Kier alpha value is -3.72. The van der Waals surface area contributed by atoms with Gasteiger partial charge in [0.15, 0.2) is 5.82 Å². The summed E-state index contributed by atoms with van der Waals surface area (Å²) in [4.78, 5) is 39.3. The number of hydrogen-bond acceptors (Lipinski definition) is 7. The third-order valence-electron chi connectivity index (χ3n) is 5.08. The number of halogens is 1. The molecule has 0 spiro atoms. The van der Waals surface area contributed by atoms with Crippen molar-refractivity contribution in [3.8, 4) is 0 Å². The molecule has 10 heteroatoms. The highest BCUT2D eigenvalue weighted by Crippen LogP contribution is 2.33. The molecule has 0 aliphatic carbocycles. The summed E-state index contributed by atoms with van der Waals surface area (Å²) in [5.41, 5.74) is 6.85. The van der Waals surface area contributed by atoms with Gasteiger partial charge >= 0.3 is 6.03 Å². The van der Waals surface area contributed by atoms with E-state index >= 15 is 0 Å². The highest BCUT2D eigenvalue weighted by Gasteiger charge is 2.50. The van der Waals surface area contributed by atoms with Crippen LogP contribution in [0.2, 0.25) is 5.02 Å². The van der Waals surface area contributed by atoms with Crippen LogP contribution in [0.25, 0.3) is 0 Å². The van der Waals surface area contributed by atoms with Gasteiger partial charge in [0.25, 0.3) is 5.91 Å². The van der Waals surface area contributed by atoms with Crippen molar-refractivity contribution in [2.75, 3.05) is 11.1 Å². The molecule has 2 aromatic carbocycles. The van der Waals surface area contributed by atoms with Crippen molar-refractivity contribution in [2.24, 2.45) is 0 Å². The van der Waals surface area contributed by atoms with E-state index in [4.69, 9.17) is 17.3 Å². The molecule has 158 valence electrons. The molecule has 1 aliphatic heterocycles. The van der Waals surface area contributed by atoms with E-state index in [-0.39, 0.29) is 24.3 Å². The van der Waals surface area contributed by atoms with Gasteiger partial charge in [-0.05, 0) is 31.5 Å². The number of rotatable bonds is 5. The minimum Gasteiger partial charge on any atom is -0.368 e. The molecule has 3 aromatic rings. The van der Waals surface area contributed by atoms with Crippen LogP contribution in [0.15, 0.2) is 48.5 Å². The van der Waals surface area contributed by atoms with Crippen LogP contribution in [0.3, 0.4) is 0 Å². The number of hydrogen-bond donors (Lipinski definition) is 3. The molecule has 4 N–H and O–H groups in total. The Morgan fingerprint density at radius 1 is 1.10 bits per heavy atom. The van der Waals surface area contributed by atoms with Gasteiger partial charge in [-0.1, -0.05) is 48.0 Å². The van der Waals surface area contributed by atoms with E-state index < -0.39 is 17.5 Å². The molecule has 1 aliphatic rings. The SMILES string of the molecule is Cc1ccccc1Nc1nc(N)nc(CN2C(=O)NC(C)(c3ccccc3Cl)C2=O)n1. The summed E-state index contributed by atoms with van der Waals surface area (Å²) in [5, 5.41) is 6.19. The molecule has 1 atom stereocenters. The third kappa shape index (κ3) is 3.87. The number of carbonyl (C=O) groups excluding carboxylic acids is 2. The average molecular weight is 438 g/mol. The number of nitrogens with two attached hydrogens (primary N) is 1. The first-order valence-electron chi connectivity index (χ1n) is 9.50. The van der Waals surface area contributed by atoms with Crippen molar-refractivity contribution in [2.45, 2.75) is 25.9 Å². The smallest absolute Gasteiger partial charge is 0.325 e. The number of aryl methyl sites for hydroxylation is 1. The average Bonchev–Trinajstić information content (AvgIpc) is 2.93. The Morgan fingerprint density at radius 3 is 2.55 bits per heavy atom. The van der Waals surface area contributed by atoms with E-state index in [1.165, 1.54) is 0 Å². The Kier molecular flexibility index (Phi) is 5.20. The highest BCUT2D eigenvalue weighted by molar-refractivity contribution is 6.32. The first-order chi connectivity index (χ1) is 14.8. The molecular formula is C21H20ClN7O2. The number of amides is 3. The topological polar surface area (TPSA) is 126 Å². The zero-order chi connectivity index (χ0) is 22.2. The van der Waals surface area contributed by atoms with Crippen molar-refractivity contribution in [3.05, 3.63) is 70.5 Å². The van der Waals surface area contributed by atoms with E-state index in [9.17, 15) is 9.59 Å². The molecule has 2 heterocycles. The molecule has 31 heavy (non-hydrogen) atoms. The second-order valence-corrected chi connectivity index (χ2v) is 7.71. The second kappa shape index (κ2) is 7.84. The molecule has 3 amide bonds. The van der Waals surface area contributed by atoms with E-state index in [0.29, 0.717) is 10.6 Å². The normalized spacial score (nSPS) is 18.2. The largest absolute Gasteiger partial charge is 0.368 e. The lowest BCUT2D eigenvalue weighted by Crippen LogP contribution is -2.41.